The van der Waals surface area contributed by atoms with Crippen molar-refractivity contribution in [3.63, 3.8) is 0 Å². The Bertz CT molecular complexity index is 443. The molecule has 16 heavy (non-hydrogen) atoms. The molecule has 2 N–H and O–H groups in total. The number of sulfonamides is 1. The summed E-state index contributed by atoms with van der Waals surface area (Å²) in [6.45, 7) is 5.35. The lowest BCUT2D eigenvalue weighted by atomic mass is 10.1. The molecule has 0 fully saturated rings. The van der Waals surface area contributed by atoms with Crippen LogP contribution in [0, 0.1) is 12.8 Å². The van der Waals surface area contributed by atoms with E-state index in [1.54, 1.807) is 13.8 Å². The molecule has 0 spiro atoms. The van der Waals surface area contributed by atoms with Gasteiger partial charge in [0.1, 0.15) is 4.90 Å². The van der Waals surface area contributed by atoms with Gasteiger partial charge in [0.15, 0.2) is 0 Å². The van der Waals surface area contributed by atoms with Crippen molar-refractivity contribution in [2.24, 2.45) is 5.92 Å². The Morgan fingerprint density at radius 2 is 2.19 bits per heavy atom. The van der Waals surface area contributed by atoms with Crippen molar-refractivity contribution in [1.29, 1.82) is 0 Å². The first-order chi connectivity index (χ1) is 7.38. The average Bonchev–Trinajstić information content (AvgIpc) is 2.63. The van der Waals surface area contributed by atoms with Crippen LogP contribution in [0.1, 0.15) is 19.5 Å². The maximum Gasteiger partial charge on any atom is 0.244 e. The zero-order chi connectivity index (χ0) is 12.3. The van der Waals surface area contributed by atoms with Gasteiger partial charge in [-0.05, 0) is 19.8 Å². The molecule has 0 radical (unpaired) electrons. The molecule has 0 amide bonds. The van der Waals surface area contributed by atoms with Crippen molar-refractivity contribution in [2.45, 2.75) is 31.7 Å². The highest BCUT2D eigenvalue weighted by Crippen LogP contribution is 2.14. The van der Waals surface area contributed by atoms with Crippen LogP contribution in [-0.4, -0.2) is 30.5 Å². The zero-order valence-corrected chi connectivity index (χ0v) is 11.1. The summed E-state index contributed by atoms with van der Waals surface area (Å²) in [5.41, 5.74) is 0.526. The number of H-pyrrole nitrogens is 1. The highest BCUT2D eigenvalue weighted by molar-refractivity contribution is 7.89. The molecule has 0 bridgehead atoms. The quantitative estimate of drug-likeness (QED) is 0.787. The number of nitrogens with one attached hydrogen (secondary N) is 2. The van der Waals surface area contributed by atoms with Crippen molar-refractivity contribution in [3.05, 3.63) is 11.9 Å². The molecule has 92 valence electrons. The van der Waals surface area contributed by atoms with E-state index in [9.17, 15) is 8.42 Å². The molecule has 1 rings (SSSR count). The van der Waals surface area contributed by atoms with Crippen LogP contribution < -0.4 is 4.72 Å². The van der Waals surface area contributed by atoms with Gasteiger partial charge in [0.2, 0.25) is 10.0 Å². The van der Waals surface area contributed by atoms with E-state index in [0.29, 0.717) is 11.6 Å². The van der Waals surface area contributed by atoms with Crippen LogP contribution in [0.15, 0.2) is 11.1 Å². The predicted octanol–water partition coefficient (Wildman–Crippen LogP) is 1.26. The molecule has 0 aliphatic rings. The third-order valence-electron chi connectivity index (χ3n) is 2.51. The summed E-state index contributed by atoms with van der Waals surface area (Å²) in [5, 5.41) is 6.29. The first-order valence-electron chi connectivity index (χ1n) is 4.96. The molecule has 2 atom stereocenters. The van der Waals surface area contributed by atoms with Gasteiger partial charge in [-0.1, -0.05) is 6.92 Å². The zero-order valence-electron chi connectivity index (χ0n) is 9.49. The van der Waals surface area contributed by atoms with Crippen LogP contribution in [0.3, 0.4) is 0 Å². The Hall–Kier alpha value is -0.590. The summed E-state index contributed by atoms with van der Waals surface area (Å²) >= 11 is 5.68. The Morgan fingerprint density at radius 1 is 1.56 bits per heavy atom. The highest BCUT2D eigenvalue weighted by atomic mass is 35.5. The molecular formula is C9H16ClN3O2S. The third-order valence-corrected chi connectivity index (χ3v) is 4.67. The first kappa shape index (κ1) is 13.5. The fraction of sp³-hybridized carbons (Fsp3) is 0.667. The number of aromatic nitrogens is 2. The largest absolute Gasteiger partial charge is 0.281 e. The van der Waals surface area contributed by atoms with Crippen molar-refractivity contribution in [2.75, 3.05) is 5.88 Å². The summed E-state index contributed by atoms with van der Waals surface area (Å²) < 4.78 is 26.4. The van der Waals surface area contributed by atoms with Crippen molar-refractivity contribution >= 4 is 21.6 Å². The van der Waals surface area contributed by atoms with Crippen molar-refractivity contribution in [1.82, 2.24) is 14.9 Å². The molecule has 0 aromatic carbocycles. The minimum Gasteiger partial charge on any atom is -0.281 e. The van der Waals surface area contributed by atoms with Gasteiger partial charge in [0.05, 0.1) is 11.9 Å². The SMILES string of the molecule is Cc1[nH]ncc1S(=O)(=O)NC(C)C(C)CCl. The Kier molecular flexibility index (Phi) is 4.35. The van der Waals surface area contributed by atoms with Gasteiger partial charge in [-0.15, -0.1) is 11.6 Å². The number of aromatic amines is 1. The van der Waals surface area contributed by atoms with Crippen LogP contribution in [0.2, 0.25) is 0 Å². The summed E-state index contributed by atoms with van der Waals surface area (Å²) in [7, 11) is -3.50. The highest BCUT2D eigenvalue weighted by Gasteiger charge is 2.23. The molecule has 2 unspecified atom stereocenters. The van der Waals surface area contributed by atoms with Gasteiger partial charge in [-0.25, -0.2) is 13.1 Å². The maximum absolute atomic E-state index is 11.9. The van der Waals surface area contributed by atoms with Gasteiger partial charge in [0, 0.05) is 11.9 Å². The van der Waals surface area contributed by atoms with Gasteiger partial charge >= 0.3 is 0 Å². The number of aryl methyl sites for hydroxylation is 1. The molecule has 1 aromatic heterocycles. The van der Waals surface area contributed by atoms with Gasteiger partial charge < -0.3 is 0 Å². The second-order valence-electron chi connectivity index (χ2n) is 3.90. The van der Waals surface area contributed by atoms with Crippen LogP contribution in [0.5, 0.6) is 0 Å². The lowest BCUT2D eigenvalue weighted by Gasteiger charge is -2.18. The van der Waals surface area contributed by atoms with E-state index in [-0.39, 0.29) is 16.9 Å². The second kappa shape index (κ2) is 5.16. The van der Waals surface area contributed by atoms with Gasteiger partial charge in [0.25, 0.3) is 0 Å². The Labute approximate surface area is 101 Å². The minimum absolute atomic E-state index is 0.0728. The normalized spacial score (nSPS) is 16.0. The molecule has 0 aliphatic carbocycles. The fourth-order valence-corrected chi connectivity index (χ4v) is 2.92. The van der Waals surface area contributed by atoms with E-state index in [4.69, 9.17) is 11.6 Å². The molecule has 1 aromatic rings. The molecule has 0 saturated heterocycles. The Morgan fingerprint density at radius 3 is 2.62 bits per heavy atom. The smallest absolute Gasteiger partial charge is 0.244 e. The van der Waals surface area contributed by atoms with E-state index >= 15 is 0 Å². The van der Waals surface area contributed by atoms with Crippen LogP contribution in [-0.2, 0) is 10.0 Å². The fourth-order valence-electron chi connectivity index (χ4n) is 1.17. The third kappa shape index (κ3) is 2.96. The van der Waals surface area contributed by atoms with Crippen molar-refractivity contribution < 1.29 is 8.42 Å². The first-order valence-corrected chi connectivity index (χ1v) is 6.98. The van der Waals surface area contributed by atoms with Crippen LogP contribution in [0.4, 0.5) is 0 Å². The van der Waals surface area contributed by atoms with Crippen LogP contribution in [0.25, 0.3) is 0 Å². The molecule has 0 aliphatic heterocycles. The molecular weight excluding hydrogens is 250 g/mol. The summed E-state index contributed by atoms with van der Waals surface area (Å²) in [6, 6.07) is -0.211. The second-order valence-corrected chi connectivity index (χ2v) is 5.89. The minimum atomic E-state index is -3.50. The summed E-state index contributed by atoms with van der Waals surface area (Å²) in [5.74, 6) is 0.484. The molecule has 1 heterocycles. The molecule has 7 heteroatoms. The van der Waals surface area contributed by atoms with E-state index in [0.717, 1.165) is 0 Å². The van der Waals surface area contributed by atoms with Gasteiger partial charge in [-0.3, -0.25) is 5.10 Å². The number of hydrogen-bond acceptors (Lipinski definition) is 3. The average molecular weight is 266 g/mol. The van der Waals surface area contributed by atoms with Crippen molar-refractivity contribution in [3.8, 4) is 0 Å². The summed E-state index contributed by atoms with van der Waals surface area (Å²) in [4.78, 5) is 0.182. The Balaban J connectivity index is 2.85. The van der Waals surface area contributed by atoms with Gasteiger partial charge in [-0.2, -0.15) is 5.10 Å². The van der Waals surface area contributed by atoms with Crippen LogP contribution >= 0.6 is 11.6 Å². The van der Waals surface area contributed by atoms with E-state index in [1.807, 2.05) is 6.92 Å². The van der Waals surface area contributed by atoms with E-state index in [1.165, 1.54) is 6.20 Å². The monoisotopic (exact) mass is 265 g/mol. The molecule has 0 saturated carbocycles. The predicted molar refractivity (Wildman–Crippen MR) is 63.0 cm³/mol. The van der Waals surface area contributed by atoms with E-state index < -0.39 is 10.0 Å². The number of nitrogens with zero attached hydrogens (tertiary/aromatic N) is 1. The maximum atomic E-state index is 11.9. The molecule has 5 nitrogen and oxygen atoms in total. The number of hydrogen-bond donors (Lipinski definition) is 2. The number of halogens is 1. The number of alkyl halides is 1. The number of rotatable bonds is 5. The standard InChI is InChI=1S/C9H16ClN3O2S/c1-6(4-10)7(2)13-16(14,15)9-5-11-12-8(9)3/h5-7,13H,4H2,1-3H3,(H,11,12). The topological polar surface area (TPSA) is 74.8 Å². The summed E-state index contributed by atoms with van der Waals surface area (Å²) in [6.07, 6.45) is 1.30. The van der Waals surface area contributed by atoms with E-state index in [2.05, 4.69) is 14.9 Å². The lowest BCUT2D eigenvalue weighted by molar-refractivity contribution is 0.480. The lowest BCUT2D eigenvalue weighted by Crippen LogP contribution is -2.37.